The molecule has 0 aliphatic heterocycles. The molecule has 0 saturated carbocycles. The minimum atomic E-state index is -0.728. The summed E-state index contributed by atoms with van der Waals surface area (Å²) in [6.45, 7) is 1.64. The molecule has 0 aliphatic carbocycles. The second-order valence-corrected chi connectivity index (χ2v) is 5.88. The summed E-state index contributed by atoms with van der Waals surface area (Å²) in [5.74, 6) is 0.0147. The average Bonchev–Trinajstić information content (AvgIpc) is 2.56. The topological polar surface area (TPSA) is 58.6 Å². The molecule has 0 aromatic heterocycles. The van der Waals surface area contributed by atoms with Crippen molar-refractivity contribution < 1.29 is 14.3 Å². The van der Waals surface area contributed by atoms with E-state index in [1.807, 2.05) is 0 Å². The van der Waals surface area contributed by atoms with E-state index in [0.29, 0.717) is 22.0 Å². The number of rotatable bonds is 5. The lowest BCUT2D eigenvalue weighted by Crippen LogP contribution is -2.31. The molecule has 2 aromatic carbocycles. The first-order chi connectivity index (χ1) is 11.4. The fourth-order valence-electron chi connectivity index (χ4n) is 2.02. The maximum atomic E-state index is 12.3. The van der Waals surface area contributed by atoms with Crippen LogP contribution in [0.4, 0.5) is 5.69 Å². The van der Waals surface area contributed by atoms with Crippen molar-refractivity contribution in [1.82, 2.24) is 4.90 Å². The van der Waals surface area contributed by atoms with Gasteiger partial charge in [-0.15, -0.1) is 0 Å². The number of para-hydroxylation sites is 1. The van der Waals surface area contributed by atoms with Crippen molar-refractivity contribution in [3.05, 3.63) is 59.1 Å². The van der Waals surface area contributed by atoms with Crippen LogP contribution < -0.4 is 10.1 Å². The summed E-state index contributed by atoms with van der Waals surface area (Å²) in [6.07, 6.45) is -0.728. The van der Waals surface area contributed by atoms with Gasteiger partial charge in [0.2, 0.25) is 0 Å². The molecule has 24 heavy (non-hydrogen) atoms. The second kappa shape index (κ2) is 7.84. The number of amides is 2. The molecule has 0 bridgehead atoms. The van der Waals surface area contributed by atoms with Crippen LogP contribution in [0, 0.1) is 0 Å². The summed E-state index contributed by atoms with van der Waals surface area (Å²) in [7, 11) is 3.32. The predicted octanol–water partition coefficient (Wildman–Crippen LogP) is 3.45. The molecule has 0 spiro atoms. The fourth-order valence-corrected chi connectivity index (χ4v) is 2.15. The van der Waals surface area contributed by atoms with Gasteiger partial charge in [0.25, 0.3) is 11.8 Å². The van der Waals surface area contributed by atoms with Crippen LogP contribution in [0.25, 0.3) is 0 Å². The van der Waals surface area contributed by atoms with Gasteiger partial charge in [-0.3, -0.25) is 9.59 Å². The van der Waals surface area contributed by atoms with E-state index in [-0.39, 0.29) is 11.8 Å². The van der Waals surface area contributed by atoms with E-state index < -0.39 is 6.10 Å². The average molecular weight is 347 g/mol. The van der Waals surface area contributed by atoms with E-state index in [1.165, 1.54) is 4.90 Å². The Labute approximate surface area is 146 Å². The number of hydrogen-bond donors (Lipinski definition) is 1. The Morgan fingerprint density at radius 2 is 1.71 bits per heavy atom. The van der Waals surface area contributed by atoms with Crippen LogP contribution >= 0.6 is 11.6 Å². The highest BCUT2D eigenvalue weighted by Gasteiger charge is 2.19. The number of hydrogen-bond acceptors (Lipinski definition) is 3. The molecule has 0 fully saturated rings. The molecule has 0 saturated heterocycles. The monoisotopic (exact) mass is 346 g/mol. The van der Waals surface area contributed by atoms with Crippen LogP contribution in [-0.4, -0.2) is 36.9 Å². The van der Waals surface area contributed by atoms with Gasteiger partial charge in [0, 0.05) is 19.1 Å². The maximum Gasteiger partial charge on any atom is 0.265 e. The first-order valence-electron chi connectivity index (χ1n) is 7.42. The van der Waals surface area contributed by atoms with Gasteiger partial charge in [-0.05, 0) is 43.3 Å². The third-order valence-corrected chi connectivity index (χ3v) is 3.57. The first kappa shape index (κ1) is 17.8. The van der Waals surface area contributed by atoms with Crippen molar-refractivity contribution in [2.45, 2.75) is 13.0 Å². The number of carbonyl (C=O) groups excluding carboxylic acids is 2. The first-order valence-corrected chi connectivity index (χ1v) is 7.80. The van der Waals surface area contributed by atoms with E-state index in [0.717, 1.165) is 0 Å². The Bertz CT molecular complexity index is 729. The fraction of sp³-hybridized carbons (Fsp3) is 0.222. The van der Waals surface area contributed by atoms with Gasteiger partial charge in [-0.1, -0.05) is 23.7 Å². The highest BCUT2D eigenvalue weighted by atomic mass is 35.5. The van der Waals surface area contributed by atoms with Crippen LogP contribution in [0.2, 0.25) is 5.02 Å². The minimum Gasteiger partial charge on any atom is -0.481 e. The Kier molecular flexibility index (Phi) is 5.82. The van der Waals surface area contributed by atoms with Crippen molar-refractivity contribution in [2.75, 3.05) is 19.4 Å². The number of anilines is 1. The Hall–Kier alpha value is -2.53. The van der Waals surface area contributed by atoms with Crippen molar-refractivity contribution >= 4 is 29.1 Å². The van der Waals surface area contributed by atoms with Gasteiger partial charge in [-0.25, -0.2) is 0 Å². The summed E-state index contributed by atoms with van der Waals surface area (Å²) < 4.78 is 5.59. The van der Waals surface area contributed by atoms with Crippen molar-refractivity contribution in [3.8, 4) is 5.75 Å². The van der Waals surface area contributed by atoms with Gasteiger partial charge in [0.05, 0.1) is 11.3 Å². The molecule has 2 aromatic rings. The molecule has 126 valence electrons. The molecule has 1 N–H and O–H groups in total. The smallest absolute Gasteiger partial charge is 0.265 e. The van der Waals surface area contributed by atoms with Gasteiger partial charge in [0.1, 0.15) is 5.75 Å². The normalized spacial score (nSPS) is 11.5. The SMILES string of the molecule is CC(Oc1ccc(Cl)cc1)C(=O)Nc1ccccc1C(=O)N(C)C. The molecule has 2 rings (SSSR count). The number of carbonyl (C=O) groups is 2. The number of ether oxygens (including phenoxy) is 1. The zero-order chi connectivity index (χ0) is 17.7. The highest BCUT2D eigenvalue weighted by Crippen LogP contribution is 2.19. The second-order valence-electron chi connectivity index (χ2n) is 5.45. The molecule has 0 aliphatic rings. The lowest BCUT2D eigenvalue weighted by Gasteiger charge is -2.17. The van der Waals surface area contributed by atoms with E-state index in [4.69, 9.17) is 16.3 Å². The van der Waals surface area contributed by atoms with E-state index >= 15 is 0 Å². The molecular formula is C18H19ClN2O3. The summed E-state index contributed by atoms with van der Waals surface area (Å²) in [6, 6.07) is 13.6. The van der Waals surface area contributed by atoms with E-state index in [2.05, 4.69) is 5.32 Å². The summed E-state index contributed by atoms with van der Waals surface area (Å²) >= 11 is 5.82. The molecule has 0 heterocycles. The van der Waals surface area contributed by atoms with Crippen molar-refractivity contribution in [1.29, 1.82) is 0 Å². The van der Waals surface area contributed by atoms with Crippen molar-refractivity contribution in [2.24, 2.45) is 0 Å². The van der Waals surface area contributed by atoms with Crippen LogP contribution in [0.3, 0.4) is 0 Å². The predicted molar refractivity (Wildman–Crippen MR) is 94.6 cm³/mol. The Morgan fingerprint density at radius 1 is 1.08 bits per heavy atom. The lowest BCUT2D eigenvalue weighted by molar-refractivity contribution is -0.122. The molecular weight excluding hydrogens is 328 g/mol. The third kappa shape index (κ3) is 4.49. The minimum absolute atomic E-state index is 0.183. The Morgan fingerprint density at radius 3 is 2.33 bits per heavy atom. The Balaban J connectivity index is 2.09. The summed E-state index contributed by atoms with van der Waals surface area (Å²) in [5.41, 5.74) is 0.877. The van der Waals surface area contributed by atoms with Gasteiger partial charge in [-0.2, -0.15) is 0 Å². The van der Waals surface area contributed by atoms with Gasteiger partial charge in [0.15, 0.2) is 6.10 Å². The largest absolute Gasteiger partial charge is 0.481 e. The maximum absolute atomic E-state index is 12.3. The highest BCUT2D eigenvalue weighted by molar-refractivity contribution is 6.30. The zero-order valence-electron chi connectivity index (χ0n) is 13.7. The van der Waals surface area contributed by atoms with Crippen LogP contribution in [0.5, 0.6) is 5.75 Å². The number of benzene rings is 2. The van der Waals surface area contributed by atoms with Crippen LogP contribution in [0.1, 0.15) is 17.3 Å². The van der Waals surface area contributed by atoms with Crippen molar-refractivity contribution in [3.63, 3.8) is 0 Å². The van der Waals surface area contributed by atoms with Gasteiger partial charge >= 0.3 is 0 Å². The molecule has 1 unspecified atom stereocenters. The van der Waals surface area contributed by atoms with Crippen LogP contribution in [-0.2, 0) is 4.79 Å². The lowest BCUT2D eigenvalue weighted by atomic mass is 10.1. The van der Waals surface area contributed by atoms with Crippen LogP contribution in [0.15, 0.2) is 48.5 Å². The summed E-state index contributed by atoms with van der Waals surface area (Å²) in [4.78, 5) is 26.0. The zero-order valence-corrected chi connectivity index (χ0v) is 14.5. The third-order valence-electron chi connectivity index (χ3n) is 3.32. The van der Waals surface area contributed by atoms with Gasteiger partial charge < -0.3 is 15.0 Å². The molecule has 0 radical (unpaired) electrons. The number of halogens is 1. The molecule has 6 heteroatoms. The van der Waals surface area contributed by atoms with E-state index in [1.54, 1.807) is 69.6 Å². The molecule has 1 atom stereocenters. The summed E-state index contributed by atoms with van der Waals surface area (Å²) in [5, 5.41) is 3.33. The number of nitrogens with one attached hydrogen (secondary N) is 1. The number of nitrogens with zero attached hydrogens (tertiary/aromatic N) is 1. The van der Waals surface area contributed by atoms with E-state index in [9.17, 15) is 9.59 Å². The quantitative estimate of drug-likeness (QED) is 0.902. The molecule has 2 amide bonds. The standard InChI is InChI=1S/C18H19ClN2O3/c1-12(24-14-10-8-13(19)9-11-14)17(22)20-16-7-5-4-6-15(16)18(23)21(2)3/h4-12H,1-3H3,(H,20,22). The molecule has 5 nitrogen and oxygen atoms in total.